The Morgan fingerprint density at radius 3 is 2.81 bits per heavy atom. The van der Waals surface area contributed by atoms with Crippen LogP contribution in [0.15, 0.2) is 22.7 Å². The van der Waals surface area contributed by atoms with Gasteiger partial charge in [-0.2, -0.15) is 0 Å². The fourth-order valence-corrected chi connectivity index (χ4v) is 1.94. The lowest BCUT2D eigenvalue weighted by Crippen LogP contribution is -2.21. The molecule has 0 spiro atoms. The lowest BCUT2D eigenvalue weighted by molar-refractivity contribution is 0.0530. The van der Waals surface area contributed by atoms with E-state index in [1.807, 2.05) is 18.2 Å². The number of ether oxygens (including phenoxy) is 1. The van der Waals surface area contributed by atoms with E-state index in [1.54, 1.807) is 0 Å². The second-order valence-electron chi connectivity index (χ2n) is 3.63. The van der Waals surface area contributed by atoms with E-state index in [0.717, 1.165) is 28.6 Å². The van der Waals surface area contributed by atoms with Gasteiger partial charge in [0.15, 0.2) is 0 Å². The molecule has 0 aliphatic carbocycles. The SMILES string of the molecule is CCCc1cccc(Br)c1OCC(O)CO. The summed E-state index contributed by atoms with van der Waals surface area (Å²) in [4.78, 5) is 0. The normalized spacial score (nSPS) is 12.5. The summed E-state index contributed by atoms with van der Waals surface area (Å²) in [5.41, 5.74) is 1.11. The number of benzene rings is 1. The summed E-state index contributed by atoms with van der Waals surface area (Å²) in [6.45, 7) is 1.93. The highest BCUT2D eigenvalue weighted by molar-refractivity contribution is 9.10. The van der Waals surface area contributed by atoms with Gasteiger partial charge < -0.3 is 14.9 Å². The number of halogens is 1. The smallest absolute Gasteiger partial charge is 0.136 e. The summed E-state index contributed by atoms with van der Waals surface area (Å²) < 4.78 is 6.39. The largest absolute Gasteiger partial charge is 0.489 e. The quantitative estimate of drug-likeness (QED) is 0.843. The van der Waals surface area contributed by atoms with Gasteiger partial charge in [-0.05, 0) is 34.0 Å². The first-order valence-electron chi connectivity index (χ1n) is 5.38. The maximum atomic E-state index is 9.24. The van der Waals surface area contributed by atoms with E-state index in [0.29, 0.717) is 0 Å². The van der Waals surface area contributed by atoms with Crippen LogP contribution in [-0.4, -0.2) is 29.5 Å². The average molecular weight is 289 g/mol. The number of aryl methyl sites for hydroxylation is 1. The molecule has 0 fully saturated rings. The Hall–Kier alpha value is -0.580. The zero-order valence-electron chi connectivity index (χ0n) is 9.32. The minimum absolute atomic E-state index is 0.107. The first kappa shape index (κ1) is 13.5. The van der Waals surface area contributed by atoms with Gasteiger partial charge in [-0.15, -0.1) is 0 Å². The van der Waals surface area contributed by atoms with Gasteiger partial charge in [-0.1, -0.05) is 25.5 Å². The van der Waals surface area contributed by atoms with Crippen LogP contribution in [-0.2, 0) is 6.42 Å². The summed E-state index contributed by atoms with van der Waals surface area (Å²) in [5.74, 6) is 0.761. The topological polar surface area (TPSA) is 49.7 Å². The summed E-state index contributed by atoms with van der Waals surface area (Å²) in [7, 11) is 0. The van der Waals surface area contributed by atoms with Crippen LogP contribution in [0.2, 0.25) is 0 Å². The van der Waals surface area contributed by atoms with Gasteiger partial charge in [-0.3, -0.25) is 0 Å². The van der Waals surface area contributed by atoms with Crippen molar-refractivity contribution < 1.29 is 14.9 Å². The Labute approximate surface area is 104 Å². The Bertz CT molecular complexity index is 328. The number of aliphatic hydroxyl groups is 2. The summed E-state index contributed by atoms with van der Waals surface area (Å²) in [6, 6.07) is 5.87. The van der Waals surface area contributed by atoms with Gasteiger partial charge in [0.1, 0.15) is 18.5 Å². The van der Waals surface area contributed by atoms with Crippen LogP contribution in [0.4, 0.5) is 0 Å². The zero-order chi connectivity index (χ0) is 12.0. The number of hydrogen-bond acceptors (Lipinski definition) is 3. The molecular formula is C12H17BrO3. The molecule has 0 saturated carbocycles. The maximum absolute atomic E-state index is 9.24. The molecule has 90 valence electrons. The number of aliphatic hydroxyl groups excluding tert-OH is 2. The van der Waals surface area contributed by atoms with Crippen molar-refractivity contribution in [1.29, 1.82) is 0 Å². The van der Waals surface area contributed by atoms with Crippen molar-refractivity contribution in [2.45, 2.75) is 25.9 Å². The molecule has 2 N–H and O–H groups in total. The molecule has 0 bridgehead atoms. The Morgan fingerprint density at radius 1 is 1.44 bits per heavy atom. The van der Waals surface area contributed by atoms with E-state index in [9.17, 15) is 5.11 Å². The molecular weight excluding hydrogens is 272 g/mol. The van der Waals surface area contributed by atoms with E-state index in [2.05, 4.69) is 22.9 Å². The van der Waals surface area contributed by atoms with Crippen LogP contribution in [0.3, 0.4) is 0 Å². The van der Waals surface area contributed by atoms with Crippen LogP contribution in [0.1, 0.15) is 18.9 Å². The molecule has 4 heteroatoms. The van der Waals surface area contributed by atoms with Gasteiger partial charge in [-0.25, -0.2) is 0 Å². The standard InChI is InChI=1S/C12H17BrO3/c1-2-4-9-5-3-6-11(13)12(9)16-8-10(15)7-14/h3,5-6,10,14-15H,2,4,7-8H2,1H3. The highest BCUT2D eigenvalue weighted by Gasteiger charge is 2.09. The maximum Gasteiger partial charge on any atom is 0.136 e. The van der Waals surface area contributed by atoms with Crippen molar-refractivity contribution in [2.75, 3.05) is 13.2 Å². The minimum atomic E-state index is -0.832. The molecule has 0 aromatic heterocycles. The third-order valence-corrected chi connectivity index (χ3v) is 2.82. The second kappa shape index (κ2) is 6.89. The number of para-hydroxylation sites is 1. The van der Waals surface area contributed by atoms with Crippen LogP contribution in [0.25, 0.3) is 0 Å². The molecule has 1 aromatic carbocycles. The van der Waals surface area contributed by atoms with Crippen LogP contribution in [0.5, 0.6) is 5.75 Å². The van der Waals surface area contributed by atoms with E-state index < -0.39 is 6.10 Å². The zero-order valence-corrected chi connectivity index (χ0v) is 10.9. The molecule has 0 saturated heterocycles. The lowest BCUT2D eigenvalue weighted by atomic mass is 10.1. The Balaban J connectivity index is 2.75. The van der Waals surface area contributed by atoms with Crippen LogP contribution < -0.4 is 4.74 Å². The summed E-state index contributed by atoms with van der Waals surface area (Å²) in [5, 5.41) is 18.0. The molecule has 16 heavy (non-hydrogen) atoms. The minimum Gasteiger partial charge on any atom is -0.489 e. The van der Waals surface area contributed by atoms with Gasteiger partial charge >= 0.3 is 0 Å². The molecule has 1 aromatic rings. The first-order valence-corrected chi connectivity index (χ1v) is 6.17. The molecule has 0 aliphatic rings. The van der Waals surface area contributed by atoms with E-state index in [-0.39, 0.29) is 13.2 Å². The summed E-state index contributed by atoms with van der Waals surface area (Å²) >= 11 is 3.42. The van der Waals surface area contributed by atoms with Crippen molar-refractivity contribution in [3.05, 3.63) is 28.2 Å². The summed E-state index contributed by atoms with van der Waals surface area (Å²) in [6.07, 6.45) is 1.14. The van der Waals surface area contributed by atoms with Gasteiger partial charge in [0.2, 0.25) is 0 Å². The highest BCUT2D eigenvalue weighted by atomic mass is 79.9. The van der Waals surface area contributed by atoms with Crippen molar-refractivity contribution in [3.8, 4) is 5.75 Å². The van der Waals surface area contributed by atoms with Gasteiger partial charge in [0, 0.05) is 0 Å². The predicted molar refractivity (Wildman–Crippen MR) is 66.7 cm³/mol. The fourth-order valence-electron chi connectivity index (χ4n) is 1.41. The molecule has 0 amide bonds. The van der Waals surface area contributed by atoms with Crippen molar-refractivity contribution in [1.82, 2.24) is 0 Å². The van der Waals surface area contributed by atoms with Gasteiger partial charge in [0.05, 0.1) is 11.1 Å². The second-order valence-corrected chi connectivity index (χ2v) is 4.48. The molecule has 0 heterocycles. The molecule has 1 unspecified atom stereocenters. The van der Waals surface area contributed by atoms with E-state index in [4.69, 9.17) is 9.84 Å². The molecule has 1 atom stereocenters. The Morgan fingerprint density at radius 2 is 2.19 bits per heavy atom. The van der Waals surface area contributed by atoms with Crippen LogP contribution in [0, 0.1) is 0 Å². The van der Waals surface area contributed by atoms with Crippen molar-refractivity contribution in [3.63, 3.8) is 0 Å². The molecule has 3 nitrogen and oxygen atoms in total. The molecule has 0 aliphatic heterocycles. The number of hydrogen-bond donors (Lipinski definition) is 2. The van der Waals surface area contributed by atoms with Crippen LogP contribution >= 0.6 is 15.9 Å². The molecule has 0 radical (unpaired) electrons. The highest BCUT2D eigenvalue weighted by Crippen LogP contribution is 2.30. The van der Waals surface area contributed by atoms with Crippen molar-refractivity contribution in [2.24, 2.45) is 0 Å². The average Bonchev–Trinajstić information content (AvgIpc) is 2.28. The lowest BCUT2D eigenvalue weighted by Gasteiger charge is -2.14. The van der Waals surface area contributed by atoms with E-state index in [1.165, 1.54) is 0 Å². The molecule has 1 rings (SSSR count). The Kier molecular flexibility index (Phi) is 5.80. The van der Waals surface area contributed by atoms with Gasteiger partial charge in [0.25, 0.3) is 0 Å². The predicted octanol–water partition coefficient (Wildman–Crippen LogP) is 2.13. The monoisotopic (exact) mass is 288 g/mol. The van der Waals surface area contributed by atoms with Crippen molar-refractivity contribution >= 4 is 15.9 Å². The third kappa shape index (κ3) is 3.77. The first-order chi connectivity index (χ1) is 7.69. The fraction of sp³-hybridized carbons (Fsp3) is 0.500. The third-order valence-electron chi connectivity index (χ3n) is 2.20. The van der Waals surface area contributed by atoms with E-state index >= 15 is 0 Å². The number of rotatable bonds is 6.